The highest BCUT2D eigenvalue weighted by atomic mass is 32.1. The number of aromatic hydroxyl groups is 1. The number of hydrogen-bond acceptors (Lipinski definition) is 3. The quantitative estimate of drug-likeness (QED) is 0.724. The van der Waals surface area contributed by atoms with Gasteiger partial charge in [-0.1, -0.05) is 36.4 Å². The molecule has 0 saturated heterocycles. The number of nitrogens with one attached hydrogen (secondary N) is 1. The number of anilines is 1. The van der Waals surface area contributed by atoms with E-state index in [1.54, 1.807) is 23.5 Å². The van der Waals surface area contributed by atoms with Crippen molar-refractivity contribution in [2.75, 3.05) is 5.32 Å². The average Bonchev–Trinajstić information content (AvgIpc) is 2.95. The van der Waals surface area contributed by atoms with E-state index in [1.807, 2.05) is 18.2 Å². The van der Waals surface area contributed by atoms with Crippen LogP contribution in [0.4, 0.5) is 5.69 Å². The summed E-state index contributed by atoms with van der Waals surface area (Å²) in [6, 6.07) is 21.9. The summed E-state index contributed by atoms with van der Waals surface area (Å²) in [5.74, 6) is 0.283. The van der Waals surface area contributed by atoms with Gasteiger partial charge in [0.1, 0.15) is 5.75 Å². The van der Waals surface area contributed by atoms with E-state index in [1.165, 1.54) is 15.3 Å². The Labute approximate surface area is 122 Å². The molecule has 0 radical (unpaired) electrons. The monoisotopic (exact) mass is 281 g/mol. The van der Waals surface area contributed by atoms with Crippen LogP contribution in [0.15, 0.2) is 66.7 Å². The van der Waals surface area contributed by atoms with E-state index in [-0.39, 0.29) is 5.75 Å². The minimum atomic E-state index is 0.283. The molecule has 0 bridgehead atoms. The first-order chi connectivity index (χ1) is 9.81. The van der Waals surface area contributed by atoms with Crippen LogP contribution in [0.25, 0.3) is 10.4 Å². The SMILES string of the molecule is Oc1cccc(NCc2ccc(-c3ccccc3)s2)c1. The molecule has 0 aliphatic heterocycles. The largest absolute Gasteiger partial charge is 0.508 e. The van der Waals surface area contributed by atoms with Gasteiger partial charge in [-0.3, -0.25) is 0 Å². The van der Waals surface area contributed by atoms with Gasteiger partial charge in [-0.25, -0.2) is 0 Å². The summed E-state index contributed by atoms with van der Waals surface area (Å²) in [7, 11) is 0. The molecule has 3 heteroatoms. The van der Waals surface area contributed by atoms with Gasteiger partial charge in [0, 0.05) is 28.1 Å². The van der Waals surface area contributed by atoms with Crippen LogP contribution < -0.4 is 5.32 Å². The van der Waals surface area contributed by atoms with Gasteiger partial charge >= 0.3 is 0 Å². The molecular formula is C17H15NOS. The summed E-state index contributed by atoms with van der Waals surface area (Å²) in [4.78, 5) is 2.55. The summed E-state index contributed by atoms with van der Waals surface area (Å²) < 4.78 is 0. The lowest BCUT2D eigenvalue weighted by molar-refractivity contribution is 0.475. The number of hydrogen-bond donors (Lipinski definition) is 2. The smallest absolute Gasteiger partial charge is 0.117 e. The molecule has 2 nitrogen and oxygen atoms in total. The Morgan fingerprint density at radius 3 is 2.55 bits per heavy atom. The van der Waals surface area contributed by atoms with Crippen LogP contribution in [-0.2, 0) is 6.54 Å². The van der Waals surface area contributed by atoms with Crippen molar-refractivity contribution in [1.29, 1.82) is 0 Å². The topological polar surface area (TPSA) is 32.3 Å². The maximum absolute atomic E-state index is 9.43. The molecule has 0 atom stereocenters. The lowest BCUT2D eigenvalue weighted by atomic mass is 10.2. The van der Waals surface area contributed by atoms with Gasteiger partial charge in [-0.2, -0.15) is 0 Å². The van der Waals surface area contributed by atoms with Crippen molar-refractivity contribution in [1.82, 2.24) is 0 Å². The molecule has 2 aromatic carbocycles. The highest BCUT2D eigenvalue weighted by molar-refractivity contribution is 7.15. The molecule has 2 N–H and O–H groups in total. The average molecular weight is 281 g/mol. The summed E-state index contributed by atoms with van der Waals surface area (Å²) in [6.07, 6.45) is 0. The molecule has 0 fully saturated rings. The van der Waals surface area contributed by atoms with E-state index in [0.717, 1.165) is 12.2 Å². The molecule has 1 aromatic heterocycles. The maximum Gasteiger partial charge on any atom is 0.117 e. The van der Waals surface area contributed by atoms with Gasteiger partial charge < -0.3 is 10.4 Å². The Morgan fingerprint density at radius 1 is 0.900 bits per heavy atom. The van der Waals surface area contributed by atoms with E-state index < -0.39 is 0 Å². The first-order valence-electron chi connectivity index (χ1n) is 6.48. The van der Waals surface area contributed by atoms with E-state index in [9.17, 15) is 5.11 Å². The molecule has 0 aliphatic rings. The second-order valence-electron chi connectivity index (χ2n) is 4.54. The molecule has 0 unspecified atom stereocenters. The highest BCUT2D eigenvalue weighted by Gasteiger charge is 2.02. The third-order valence-electron chi connectivity index (χ3n) is 3.03. The number of phenols is 1. The maximum atomic E-state index is 9.43. The molecule has 1 heterocycles. The zero-order chi connectivity index (χ0) is 13.8. The predicted octanol–water partition coefficient (Wildman–Crippen LogP) is 4.73. The fourth-order valence-electron chi connectivity index (χ4n) is 2.04. The van der Waals surface area contributed by atoms with Crippen LogP contribution >= 0.6 is 11.3 Å². The minimum absolute atomic E-state index is 0.283. The van der Waals surface area contributed by atoms with Crippen molar-refractivity contribution in [2.24, 2.45) is 0 Å². The molecule has 0 saturated carbocycles. The van der Waals surface area contributed by atoms with Crippen molar-refractivity contribution in [3.63, 3.8) is 0 Å². The van der Waals surface area contributed by atoms with Crippen molar-refractivity contribution in [3.8, 4) is 16.2 Å². The number of phenolic OH excluding ortho intramolecular Hbond substituents is 1. The van der Waals surface area contributed by atoms with Crippen LogP contribution in [0.5, 0.6) is 5.75 Å². The Balaban J connectivity index is 1.69. The van der Waals surface area contributed by atoms with Crippen molar-refractivity contribution in [2.45, 2.75) is 6.54 Å². The lowest BCUT2D eigenvalue weighted by Gasteiger charge is -2.04. The standard InChI is InChI=1S/C17H15NOS/c19-15-8-4-7-14(11-15)18-12-16-9-10-17(20-16)13-5-2-1-3-6-13/h1-11,18-19H,12H2. The van der Waals surface area contributed by atoms with Crippen LogP contribution in [0.2, 0.25) is 0 Å². The molecular weight excluding hydrogens is 266 g/mol. The van der Waals surface area contributed by atoms with Crippen LogP contribution in [0, 0.1) is 0 Å². The van der Waals surface area contributed by atoms with E-state index in [4.69, 9.17) is 0 Å². The van der Waals surface area contributed by atoms with Crippen LogP contribution in [-0.4, -0.2) is 5.11 Å². The van der Waals surface area contributed by atoms with Crippen LogP contribution in [0.1, 0.15) is 4.88 Å². The van der Waals surface area contributed by atoms with Crippen molar-refractivity contribution in [3.05, 3.63) is 71.6 Å². The van der Waals surface area contributed by atoms with Crippen LogP contribution in [0.3, 0.4) is 0 Å². The Bertz CT molecular complexity index is 691. The zero-order valence-electron chi connectivity index (χ0n) is 10.9. The van der Waals surface area contributed by atoms with Gasteiger partial charge in [-0.15, -0.1) is 11.3 Å². The fourth-order valence-corrected chi connectivity index (χ4v) is 2.99. The lowest BCUT2D eigenvalue weighted by Crippen LogP contribution is -1.96. The van der Waals surface area contributed by atoms with E-state index in [2.05, 4.69) is 41.7 Å². The van der Waals surface area contributed by atoms with Gasteiger partial charge in [0.2, 0.25) is 0 Å². The number of benzene rings is 2. The predicted molar refractivity (Wildman–Crippen MR) is 85.2 cm³/mol. The fraction of sp³-hybridized carbons (Fsp3) is 0.0588. The molecule has 0 aliphatic carbocycles. The second-order valence-corrected chi connectivity index (χ2v) is 5.70. The number of thiophene rings is 1. The molecule has 0 spiro atoms. The summed E-state index contributed by atoms with van der Waals surface area (Å²) in [5.41, 5.74) is 2.18. The van der Waals surface area contributed by atoms with Gasteiger partial charge in [0.05, 0.1) is 0 Å². The highest BCUT2D eigenvalue weighted by Crippen LogP contribution is 2.28. The Kier molecular flexibility index (Phi) is 3.70. The third-order valence-corrected chi connectivity index (χ3v) is 4.17. The normalized spacial score (nSPS) is 10.4. The molecule has 100 valence electrons. The Hall–Kier alpha value is -2.26. The van der Waals surface area contributed by atoms with Gasteiger partial charge in [-0.05, 0) is 29.8 Å². The number of rotatable bonds is 4. The Morgan fingerprint density at radius 2 is 1.75 bits per heavy atom. The molecule has 3 rings (SSSR count). The van der Waals surface area contributed by atoms with Gasteiger partial charge in [0.15, 0.2) is 0 Å². The summed E-state index contributed by atoms with van der Waals surface area (Å²) in [5, 5.41) is 12.7. The first kappa shape index (κ1) is 12.8. The minimum Gasteiger partial charge on any atom is -0.508 e. The molecule has 20 heavy (non-hydrogen) atoms. The summed E-state index contributed by atoms with van der Waals surface area (Å²) >= 11 is 1.78. The van der Waals surface area contributed by atoms with E-state index >= 15 is 0 Å². The van der Waals surface area contributed by atoms with Gasteiger partial charge in [0.25, 0.3) is 0 Å². The van der Waals surface area contributed by atoms with Crippen molar-refractivity contribution >= 4 is 17.0 Å². The molecule has 3 aromatic rings. The zero-order valence-corrected chi connectivity index (χ0v) is 11.7. The third kappa shape index (κ3) is 3.00. The van der Waals surface area contributed by atoms with E-state index in [0.29, 0.717) is 0 Å². The second kappa shape index (κ2) is 5.80. The first-order valence-corrected chi connectivity index (χ1v) is 7.30. The molecule has 0 amide bonds. The van der Waals surface area contributed by atoms with Crippen molar-refractivity contribution < 1.29 is 5.11 Å². The summed E-state index contributed by atoms with van der Waals surface area (Å²) in [6.45, 7) is 0.765.